The summed E-state index contributed by atoms with van der Waals surface area (Å²) in [4.78, 5) is 15.2. The molecule has 0 spiro atoms. The van der Waals surface area contributed by atoms with Crippen molar-refractivity contribution < 1.29 is 13.9 Å². The maximum absolute atomic E-state index is 14.2. The molecule has 0 saturated carbocycles. The molecule has 1 fully saturated rings. The minimum Gasteiger partial charge on any atom is -0.373 e. The molecule has 0 aliphatic carbocycles. The van der Waals surface area contributed by atoms with Crippen LogP contribution in [0, 0.1) is 19.7 Å². The van der Waals surface area contributed by atoms with Gasteiger partial charge in [0.25, 0.3) is 5.91 Å². The second-order valence-corrected chi connectivity index (χ2v) is 7.84. The Kier molecular flexibility index (Phi) is 6.20. The molecule has 0 radical (unpaired) electrons. The van der Waals surface area contributed by atoms with Gasteiger partial charge in [0.1, 0.15) is 5.82 Å². The molecule has 2 heterocycles. The molecule has 152 valence electrons. The topological polar surface area (TPSA) is 46.5 Å². The van der Waals surface area contributed by atoms with Gasteiger partial charge in [-0.05, 0) is 52.8 Å². The van der Waals surface area contributed by atoms with Crippen molar-refractivity contribution in [1.29, 1.82) is 0 Å². The molecule has 6 heteroatoms. The van der Waals surface area contributed by atoms with Crippen LogP contribution >= 0.6 is 0 Å². The summed E-state index contributed by atoms with van der Waals surface area (Å²) < 4.78 is 21.8. The van der Waals surface area contributed by atoms with Gasteiger partial charge in [0.15, 0.2) is 0 Å². The van der Waals surface area contributed by atoms with Crippen molar-refractivity contribution in [3.63, 3.8) is 0 Å². The molecular formula is C22H30FN3O2. The third-order valence-corrected chi connectivity index (χ3v) is 5.40. The average molecular weight is 387 g/mol. The largest absolute Gasteiger partial charge is 0.373 e. The highest BCUT2D eigenvalue weighted by atomic mass is 19.1. The summed E-state index contributed by atoms with van der Waals surface area (Å²) in [5.41, 5.74) is 2.61. The van der Waals surface area contributed by atoms with Crippen LogP contribution in [0.1, 0.15) is 42.5 Å². The molecule has 3 atom stereocenters. The molecule has 0 bridgehead atoms. The van der Waals surface area contributed by atoms with Gasteiger partial charge in [-0.3, -0.25) is 9.69 Å². The van der Waals surface area contributed by atoms with Crippen LogP contribution in [0.5, 0.6) is 0 Å². The number of carbonyl (C=O) groups is 1. The van der Waals surface area contributed by atoms with Crippen LogP contribution in [-0.2, 0) is 4.74 Å². The summed E-state index contributed by atoms with van der Waals surface area (Å²) >= 11 is 0. The number of aromatic nitrogens is 1. The minimum absolute atomic E-state index is 0.128. The Hall–Kier alpha value is -2.18. The zero-order chi connectivity index (χ0) is 20.4. The van der Waals surface area contributed by atoms with E-state index in [1.165, 1.54) is 6.07 Å². The van der Waals surface area contributed by atoms with Crippen molar-refractivity contribution in [3.8, 4) is 5.69 Å². The number of ether oxygens (including phenoxy) is 1. The Morgan fingerprint density at radius 3 is 2.54 bits per heavy atom. The number of hydrogen-bond donors (Lipinski definition) is 1. The Labute approximate surface area is 166 Å². The molecule has 1 aliphatic heterocycles. The van der Waals surface area contributed by atoms with Gasteiger partial charge in [-0.15, -0.1) is 0 Å². The van der Waals surface area contributed by atoms with Crippen molar-refractivity contribution in [3.05, 3.63) is 53.1 Å². The standard InChI is InChI=1S/C22H30FN3O2/c1-14-10-19(18(5)26(14)21-9-7-6-8-20(21)23)22(27)24-11-15(2)25-12-16(3)28-17(4)13-25/h6-10,15-17H,11-13H2,1-5H3,(H,24,27)/t15-,16+,17+/m0/s1. The Balaban J connectivity index is 1.70. The number of benzene rings is 1. The van der Waals surface area contributed by atoms with Crippen molar-refractivity contribution in [2.75, 3.05) is 19.6 Å². The summed E-state index contributed by atoms with van der Waals surface area (Å²) in [5, 5.41) is 3.04. The van der Waals surface area contributed by atoms with Gasteiger partial charge >= 0.3 is 0 Å². The van der Waals surface area contributed by atoms with Gasteiger partial charge in [-0.1, -0.05) is 12.1 Å². The van der Waals surface area contributed by atoms with Crippen molar-refractivity contribution in [2.45, 2.75) is 52.9 Å². The number of halogens is 1. The fourth-order valence-electron chi connectivity index (χ4n) is 4.04. The summed E-state index contributed by atoms with van der Waals surface area (Å²) in [6, 6.07) is 8.64. The van der Waals surface area contributed by atoms with E-state index in [-0.39, 0.29) is 30.0 Å². The summed E-state index contributed by atoms with van der Waals surface area (Å²) in [6.07, 6.45) is 0.392. The summed E-state index contributed by atoms with van der Waals surface area (Å²) in [5.74, 6) is -0.433. The van der Waals surface area contributed by atoms with Gasteiger partial charge in [0.2, 0.25) is 0 Å². The number of hydrogen-bond acceptors (Lipinski definition) is 3. The van der Waals surface area contributed by atoms with E-state index < -0.39 is 0 Å². The molecule has 1 aromatic carbocycles. The van der Waals surface area contributed by atoms with Crippen LogP contribution in [0.4, 0.5) is 4.39 Å². The number of nitrogens with one attached hydrogen (secondary N) is 1. The molecule has 3 rings (SSSR count). The molecule has 0 unspecified atom stereocenters. The lowest BCUT2D eigenvalue weighted by Crippen LogP contribution is -2.52. The van der Waals surface area contributed by atoms with E-state index in [0.717, 1.165) is 24.5 Å². The molecule has 1 amide bonds. The van der Waals surface area contributed by atoms with Gasteiger partial charge < -0.3 is 14.6 Å². The van der Waals surface area contributed by atoms with Crippen LogP contribution in [0.25, 0.3) is 5.69 Å². The third kappa shape index (κ3) is 4.28. The number of rotatable bonds is 5. The first-order chi connectivity index (χ1) is 13.3. The highest BCUT2D eigenvalue weighted by Gasteiger charge is 2.26. The molecule has 1 N–H and O–H groups in total. The van der Waals surface area contributed by atoms with Crippen LogP contribution < -0.4 is 5.32 Å². The lowest BCUT2D eigenvalue weighted by atomic mass is 10.1. The first-order valence-corrected chi connectivity index (χ1v) is 9.89. The number of para-hydroxylation sites is 1. The van der Waals surface area contributed by atoms with Gasteiger partial charge in [0, 0.05) is 37.1 Å². The van der Waals surface area contributed by atoms with Gasteiger partial charge in [0.05, 0.1) is 23.5 Å². The quantitative estimate of drug-likeness (QED) is 0.855. The molecule has 28 heavy (non-hydrogen) atoms. The SMILES string of the molecule is Cc1cc(C(=O)NC[C@H](C)N2C[C@@H](C)O[C@H](C)C2)c(C)n1-c1ccccc1F. The van der Waals surface area contributed by atoms with E-state index in [9.17, 15) is 9.18 Å². The zero-order valence-corrected chi connectivity index (χ0v) is 17.3. The monoisotopic (exact) mass is 387 g/mol. The maximum Gasteiger partial charge on any atom is 0.253 e. The number of aryl methyl sites for hydroxylation is 1. The van der Waals surface area contributed by atoms with E-state index in [1.807, 2.05) is 19.9 Å². The van der Waals surface area contributed by atoms with E-state index >= 15 is 0 Å². The molecular weight excluding hydrogens is 357 g/mol. The van der Waals surface area contributed by atoms with Crippen LogP contribution in [0.3, 0.4) is 0 Å². The van der Waals surface area contributed by atoms with E-state index in [4.69, 9.17) is 4.74 Å². The fraction of sp³-hybridized carbons (Fsp3) is 0.500. The Morgan fingerprint density at radius 1 is 1.25 bits per heavy atom. The normalized spacial score (nSPS) is 21.5. The fourth-order valence-corrected chi connectivity index (χ4v) is 4.04. The Morgan fingerprint density at radius 2 is 1.89 bits per heavy atom. The molecule has 5 nitrogen and oxygen atoms in total. The second-order valence-electron chi connectivity index (χ2n) is 7.84. The average Bonchev–Trinajstić information content (AvgIpc) is 2.93. The van der Waals surface area contributed by atoms with Crippen LogP contribution in [-0.4, -0.2) is 53.3 Å². The van der Waals surface area contributed by atoms with Crippen LogP contribution in [0.2, 0.25) is 0 Å². The number of amides is 1. The number of morpholine rings is 1. The van der Waals surface area contributed by atoms with Crippen molar-refractivity contribution in [1.82, 2.24) is 14.8 Å². The van der Waals surface area contributed by atoms with E-state index in [0.29, 0.717) is 17.8 Å². The van der Waals surface area contributed by atoms with Gasteiger partial charge in [-0.2, -0.15) is 0 Å². The smallest absolute Gasteiger partial charge is 0.253 e. The summed E-state index contributed by atoms with van der Waals surface area (Å²) in [7, 11) is 0. The number of carbonyl (C=O) groups excluding carboxylic acids is 1. The third-order valence-electron chi connectivity index (χ3n) is 5.40. The first-order valence-electron chi connectivity index (χ1n) is 9.89. The highest BCUT2D eigenvalue weighted by Crippen LogP contribution is 2.23. The zero-order valence-electron chi connectivity index (χ0n) is 17.3. The molecule has 1 aliphatic rings. The van der Waals surface area contributed by atoms with Gasteiger partial charge in [-0.25, -0.2) is 4.39 Å². The van der Waals surface area contributed by atoms with E-state index in [1.54, 1.807) is 22.8 Å². The predicted octanol–water partition coefficient (Wildman–Crippen LogP) is 3.46. The van der Waals surface area contributed by atoms with Crippen LogP contribution in [0.15, 0.2) is 30.3 Å². The highest BCUT2D eigenvalue weighted by molar-refractivity contribution is 5.96. The first kappa shape index (κ1) is 20.6. The Bertz CT molecular complexity index is 838. The predicted molar refractivity (Wildman–Crippen MR) is 109 cm³/mol. The summed E-state index contributed by atoms with van der Waals surface area (Å²) in [6.45, 7) is 12.3. The molecule has 1 aromatic heterocycles. The second kappa shape index (κ2) is 8.45. The van der Waals surface area contributed by atoms with Crippen molar-refractivity contribution >= 4 is 5.91 Å². The minimum atomic E-state index is -0.305. The molecule has 1 saturated heterocycles. The lowest BCUT2D eigenvalue weighted by Gasteiger charge is -2.39. The van der Waals surface area contributed by atoms with E-state index in [2.05, 4.69) is 31.0 Å². The number of nitrogens with zero attached hydrogens (tertiary/aromatic N) is 2. The maximum atomic E-state index is 14.2. The van der Waals surface area contributed by atoms with Crippen molar-refractivity contribution in [2.24, 2.45) is 0 Å². The molecule has 2 aromatic rings. The lowest BCUT2D eigenvalue weighted by molar-refractivity contribution is -0.0778.